The van der Waals surface area contributed by atoms with Crippen molar-refractivity contribution < 1.29 is 19.4 Å². The molecule has 0 radical (unpaired) electrons. The molecule has 0 spiro atoms. The molecule has 3 aromatic rings. The minimum atomic E-state index is -0.629. The first-order chi connectivity index (χ1) is 15.9. The van der Waals surface area contributed by atoms with Gasteiger partial charge in [0, 0.05) is 29.9 Å². The zero-order chi connectivity index (χ0) is 24.0. The number of primary amides is 1. The highest BCUT2D eigenvalue weighted by Gasteiger charge is 2.18. The number of nitriles is 1. The highest BCUT2D eigenvalue weighted by molar-refractivity contribution is 6.08. The van der Waals surface area contributed by atoms with Gasteiger partial charge in [0.15, 0.2) is 11.5 Å². The molecule has 2 aromatic carbocycles. The van der Waals surface area contributed by atoms with Crippen molar-refractivity contribution >= 4 is 28.2 Å². The first-order valence-corrected chi connectivity index (χ1v) is 10.4. The Kier molecular flexibility index (Phi) is 7.66. The summed E-state index contributed by atoms with van der Waals surface area (Å²) in [5.41, 5.74) is 9.26. The molecule has 0 aliphatic carbocycles. The number of nitrogens with two attached hydrogens (primary N) is 1. The number of aliphatic hydroxyl groups is 1. The van der Waals surface area contributed by atoms with Crippen LogP contribution in [0.25, 0.3) is 10.9 Å². The topological polar surface area (TPSA) is 143 Å². The third-order valence-corrected chi connectivity index (χ3v) is 5.30. The highest BCUT2D eigenvalue weighted by atomic mass is 16.5. The van der Waals surface area contributed by atoms with E-state index in [-0.39, 0.29) is 18.2 Å². The van der Waals surface area contributed by atoms with Gasteiger partial charge in [-0.15, -0.1) is 0 Å². The number of aliphatic hydroxyl groups excluding tert-OH is 1. The summed E-state index contributed by atoms with van der Waals surface area (Å²) in [6.45, 7) is 4.31. The molecule has 9 nitrogen and oxygen atoms in total. The number of aromatic nitrogens is 1. The Labute approximate surface area is 192 Å². The average molecular weight is 450 g/mol. The molecule has 1 heterocycles. The van der Waals surface area contributed by atoms with Crippen LogP contribution < -0.4 is 25.8 Å². The van der Waals surface area contributed by atoms with Gasteiger partial charge in [-0.3, -0.25) is 15.1 Å². The van der Waals surface area contributed by atoms with Gasteiger partial charge in [-0.2, -0.15) is 5.26 Å². The standard InChI is InChI=1S/C24H27N5O4/c1-14(11-25)27-7-8-33-22-9-17-20(10-21(22)32-3)28-12-18(24(26)31)23(17)29-19-6-4-5-16(13-30)15(19)2/h4-6,9-10,12,14,27,30H,7-8,13H2,1-3H3,(H2,26,31)(H,28,29). The van der Waals surface area contributed by atoms with Crippen LogP contribution in [0.5, 0.6) is 11.5 Å². The first kappa shape index (κ1) is 23.8. The second-order valence-electron chi connectivity index (χ2n) is 7.46. The van der Waals surface area contributed by atoms with E-state index < -0.39 is 5.91 Å². The summed E-state index contributed by atoms with van der Waals surface area (Å²) in [6.07, 6.45) is 1.42. The van der Waals surface area contributed by atoms with Crippen molar-refractivity contribution in [2.24, 2.45) is 5.73 Å². The molecule has 33 heavy (non-hydrogen) atoms. The second kappa shape index (κ2) is 10.6. The van der Waals surface area contributed by atoms with Crippen LogP contribution in [0.4, 0.5) is 11.4 Å². The number of nitrogens with one attached hydrogen (secondary N) is 2. The van der Waals surface area contributed by atoms with Gasteiger partial charge < -0.3 is 25.6 Å². The summed E-state index contributed by atoms with van der Waals surface area (Å²) >= 11 is 0. The number of anilines is 2. The second-order valence-corrected chi connectivity index (χ2v) is 7.46. The fourth-order valence-electron chi connectivity index (χ4n) is 3.40. The van der Waals surface area contributed by atoms with Gasteiger partial charge >= 0.3 is 0 Å². The lowest BCUT2D eigenvalue weighted by Gasteiger charge is -2.18. The molecule has 0 aliphatic heterocycles. The number of hydrogen-bond donors (Lipinski definition) is 4. The maximum absolute atomic E-state index is 12.2. The van der Waals surface area contributed by atoms with E-state index in [0.717, 1.165) is 16.8 Å². The van der Waals surface area contributed by atoms with E-state index in [1.807, 2.05) is 25.1 Å². The van der Waals surface area contributed by atoms with E-state index >= 15 is 0 Å². The van der Waals surface area contributed by atoms with E-state index in [1.165, 1.54) is 13.3 Å². The molecule has 0 saturated carbocycles. The van der Waals surface area contributed by atoms with Gasteiger partial charge in [0.05, 0.1) is 42.6 Å². The first-order valence-electron chi connectivity index (χ1n) is 10.4. The average Bonchev–Trinajstić information content (AvgIpc) is 2.82. The van der Waals surface area contributed by atoms with Gasteiger partial charge in [0.2, 0.25) is 0 Å². The zero-order valence-corrected chi connectivity index (χ0v) is 18.8. The van der Waals surface area contributed by atoms with Crippen molar-refractivity contribution in [3.05, 3.63) is 53.2 Å². The predicted octanol–water partition coefficient (Wildman–Crippen LogP) is 2.77. The van der Waals surface area contributed by atoms with Crippen LogP contribution in [-0.4, -0.2) is 42.3 Å². The quantitative estimate of drug-likeness (QED) is 0.346. The van der Waals surface area contributed by atoms with Gasteiger partial charge in [-0.05, 0) is 37.1 Å². The third kappa shape index (κ3) is 5.31. The number of ether oxygens (including phenoxy) is 2. The van der Waals surface area contributed by atoms with Crippen molar-refractivity contribution in [1.29, 1.82) is 5.26 Å². The Bertz CT molecular complexity index is 1210. The number of methoxy groups -OCH3 is 1. The van der Waals surface area contributed by atoms with Crippen molar-refractivity contribution in [3.8, 4) is 17.6 Å². The monoisotopic (exact) mass is 449 g/mol. The number of pyridine rings is 1. The number of amides is 1. The van der Waals surface area contributed by atoms with Crippen molar-refractivity contribution in [1.82, 2.24) is 10.3 Å². The molecular formula is C24H27N5O4. The normalized spacial score (nSPS) is 11.6. The summed E-state index contributed by atoms with van der Waals surface area (Å²) < 4.78 is 11.4. The highest BCUT2D eigenvalue weighted by Crippen LogP contribution is 2.37. The van der Waals surface area contributed by atoms with Gasteiger partial charge in [0.1, 0.15) is 6.61 Å². The SMILES string of the molecule is COc1cc2ncc(C(N)=O)c(Nc3cccc(CO)c3C)c2cc1OCCNC(C)C#N. The van der Waals surface area contributed by atoms with Crippen LogP contribution in [0.3, 0.4) is 0 Å². The molecular weight excluding hydrogens is 422 g/mol. The molecule has 0 saturated heterocycles. The van der Waals surface area contributed by atoms with Gasteiger partial charge in [-0.1, -0.05) is 12.1 Å². The number of benzene rings is 2. The zero-order valence-electron chi connectivity index (χ0n) is 18.8. The Balaban J connectivity index is 2.06. The molecule has 5 N–H and O–H groups in total. The fourth-order valence-corrected chi connectivity index (χ4v) is 3.40. The summed E-state index contributed by atoms with van der Waals surface area (Å²) in [7, 11) is 1.53. The molecule has 0 aliphatic rings. The number of carbonyl (C=O) groups excluding carboxylic acids is 1. The Morgan fingerprint density at radius 1 is 1.33 bits per heavy atom. The van der Waals surface area contributed by atoms with Crippen LogP contribution in [0.1, 0.15) is 28.4 Å². The summed E-state index contributed by atoms with van der Waals surface area (Å²) in [5.74, 6) is 0.319. The maximum Gasteiger partial charge on any atom is 0.252 e. The van der Waals surface area contributed by atoms with Crippen LogP contribution in [0.2, 0.25) is 0 Å². The van der Waals surface area contributed by atoms with Gasteiger partial charge in [0.25, 0.3) is 5.91 Å². The van der Waals surface area contributed by atoms with Gasteiger partial charge in [-0.25, -0.2) is 0 Å². The molecule has 1 amide bonds. The van der Waals surface area contributed by atoms with Crippen molar-refractivity contribution in [2.75, 3.05) is 25.6 Å². The van der Waals surface area contributed by atoms with E-state index in [9.17, 15) is 9.90 Å². The molecule has 172 valence electrons. The molecule has 3 rings (SSSR count). The van der Waals surface area contributed by atoms with Crippen molar-refractivity contribution in [3.63, 3.8) is 0 Å². The smallest absolute Gasteiger partial charge is 0.252 e. The summed E-state index contributed by atoms with van der Waals surface area (Å²) in [6, 6.07) is 10.8. The van der Waals surface area contributed by atoms with E-state index in [2.05, 4.69) is 21.7 Å². The Morgan fingerprint density at radius 3 is 2.79 bits per heavy atom. The summed E-state index contributed by atoms with van der Waals surface area (Å²) in [4.78, 5) is 16.6. The molecule has 0 bridgehead atoms. The molecule has 1 atom stereocenters. The molecule has 9 heteroatoms. The maximum atomic E-state index is 12.2. The van der Waals surface area contributed by atoms with Crippen LogP contribution in [-0.2, 0) is 6.61 Å². The number of nitrogens with zero attached hydrogens (tertiary/aromatic N) is 2. The molecule has 1 aromatic heterocycles. The minimum Gasteiger partial charge on any atom is -0.493 e. The van der Waals surface area contributed by atoms with Crippen molar-refractivity contribution in [2.45, 2.75) is 26.5 Å². The largest absolute Gasteiger partial charge is 0.493 e. The van der Waals surface area contributed by atoms with Crippen LogP contribution in [0, 0.1) is 18.3 Å². The van der Waals surface area contributed by atoms with E-state index in [1.54, 1.807) is 19.1 Å². The lowest BCUT2D eigenvalue weighted by atomic mass is 10.0. The number of rotatable bonds is 10. The number of fused-ring (bicyclic) bond motifs is 1. The third-order valence-electron chi connectivity index (χ3n) is 5.30. The lowest BCUT2D eigenvalue weighted by Crippen LogP contribution is -2.28. The summed E-state index contributed by atoms with van der Waals surface area (Å²) in [5, 5.41) is 25.4. The molecule has 1 unspecified atom stereocenters. The predicted molar refractivity (Wildman–Crippen MR) is 126 cm³/mol. The number of carbonyl (C=O) groups is 1. The van der Waals surface area contributed by atoms with E-state index in [4.69, 9.17) is 20.5 Å². The Hall–Kier alpha value is -3.87. The van der Waals surface area contributed by atoms with Crippen LogP contribution >= 0.6 is 0 Å². The molecule has 0 fully saturated rings. The number of hydrogen-bond acceptors (Lipinski definition) is 8. The lowest BCUT2D eigenvalue weighted by molar-refractivity contribution is 0.100. The Morgan fingerprint density at radius 2 is 2.12 bits per heavy atom. The van der Waals surface area contributed by atoms with E-state index in [0.29, 0.717) is 41.2 Å². The van der Waals surface area contributed by atoms with Crippen LogP contribution in [0.15, 0.2) is 36.5 Å². The fraction of sp³-hybridized carbons (Fsp3) is 0.292. The minimum absolute atomic E-state index is 0.102.